The molecule has 5 nitrogen and oxygen atoms in total. The molecule has 0 radical (unpaired) electrons. The van der Waals surface area contributed by atoms with Crippen molar-refractivity contribution in [1.82, 2.24) is 5.32 Å². The summed E-state index contributed by atoms with van der Waals surface area (Å²) in [5.74, 6) is -1.69. The van der Waals surface area contributed by atoms with E-state index in [9.17, 15) is 19.5 Å². The van der Waals surface area contributed by atoms with Gasteiger partial charge in [0.25, 0.3) is 5.91 Å². The number of carboxylic acid groups (broad SMARTS) is 1. The Hall–Kier alpha value is -3.25. The first kappa shape index (κ1) is 20.5. The molecule has 0 aliphatic carbocycles. The molecule has 3 aromatic carbocycles. The highest BCUT2D eigenvalue weighted by Gasteiger charge is 2.21. The monoisotopic (exact) mass is 451 g/mol. The second-order valence-electron chi connectivity index (χ2n) is 6.47. The van der Waals surface area contributed by atoms with E-state index in [0.717, 1.165) is 4.47 Å². The molecule has 0 saturated carbocycles. The number of rotatable bonds is 7. The molecule has 1 amide bonds. The molecule has 0 bridgehead atoms. The van der Waals surface area contributed by atoms with Gasteiger partial charge in [0.15, 0.2) is 5.78 Å². The summed E-state index contributed by atoms with van der Waals surface area (Å²) in [4.78, 5) is 36.4. The molecule has 29 heavy (non-hydrogen) atoms. The first-order valence-electron chi connectivity index (χ1n) is 8.92. The van der Waals surface area contributed by atoms with Gasteiger partial charge in [0, 0.05) is 27.6 Å². The highest BCUT2D eigenvalue weighted by Crippen LogP contribution is 2.14. The third-order valence-corrected chi connectivity index (χ3v) is 4.88. The SMILES string of the molecule is O=C(N[C@H](Cc1ccc(C(=O)c2ccccc2)cc1)C(=O)O)c1cccc(Br)c1. The fourth-order valence-electron chi connectivity index (χ4n) is 2.86. The maximum absolute atomic E-state index is 12.5. The predicted molar refractivity (Wildman–Crippen MR) is 113 cm³/mol. The second-order valence-corrected chi connectivity index (χ2v) is 7.39. The summed E-state index contributed by atoms with van der Waals surface area (Å²) in [5, 5.41) is 12.0. The minimum absolute atomic E-state index is 0.102. The van der Waals surface area contributed by atoms with Gasteiger partial charge in [0.2, 0.25) is 0 Å². The molecule has 0 aliphatic rings. The summed E-state index contributed by atoms with van der Waals surface area (Å²) in [5.41, 5.74) is 2.18. The van der Waals surface area contributed by atoms with Crippen LogP contribution in [-0.2, 0) is 11.2 Å². The van der Waals surface area contributed by atoms with Crippen LogP contribution in [0.15, 0.2) is 83.3 Å². The second kappa shape index (κ2) is 9.30. The molecular weight excluding hydrogens is 434 g/mol. The van der Waals surface area contributed by atoms with E-state index in [2.05, 4.69) is 21.2 Å². The van der Waals surface area contributed by atoms with Crippen molar-refractivity contribution in [1.29, 1.82) is 0 Å². The van der Waals surface area contributed by atoms with Crippen molar-refractivity contribution >= 4 is 33.6 Å². The van der Waals surface area contributed by atoms with Crippen molar-refractivity contribution in [2.24, 2.45) is 0 Å². The standard InChI is InChI=1S/C23H18BrNO4/c24-19-8-4-7-18(14-19)22(27)25-20(23(28)29)13-15-9-11-17(12-10-15)21(26)16-5-2-1-3-6-16/h1-12,14,20H,13H2,(H,25,27)(H,28,29)/t20-/m1/s1. The quantitative estimate of drug-likeness (QED) is 0.529. The van der Waals surface area contributed by atoms with Gasteiger partial charge in [-0.25, -0.2) is 4.79 Å². The van der Waals surface area contributed by atoms with E-state index in [-0.39, 0.29) is 12.2 Å². The largest absolute Gasteiger partial charge is 0.480 e. The molecular formula is C23H18BrNO4. The summed E-state index contributed by atoms with van der Waals surface area (Å²) < 4.78 is 0.732. The Morgan fingerprint density at radius 3 is 2.07 bits per heavy atom. The minimum Gasteiger partial charge on any atom is -0.480 e. The number of hydrogen-bond acceptors (Lipinski definition) is 3. The summed E-state index contributed by atoms with van der Waals surface area (Å²) >= 11 is 3.29. The third kappa shape index (κ3) is 5.39. The fraction of sp³-hybridized carbons (Fsp3) is 0.0870. The Labute approximate surface area is 176 Å². The molecule has 0 aromatic heterocycles. The number of carboxylic acids is 1. The van der Waals surface area contributed by atoms with E-state index in [4.69, 9.17) is 0 Å². The van der Waals surface area contributed by atoms with E-state index in [1.54, 1.807) is 72.8 Å². The Balaban J connectivity index is 1.70. The van der Waals surface area contributed by atoms with E-state index < -0.39 is 17.9 Å². The number of halogens is 1. The van der Waals surface area contributed by atoms with Crippen LogP contribution in [-0.4, -0.2) is 28.8 Å². The zero-order valence-corrected chi connectivity index (χ0v) is 16.9. The number of amides is 1. The average molecular weight is 452 g/mol. The lowest BCUT2D eigenvalue weighted by atomic mass is 9.99. The van der Waals surface area contributed by atoms with E-state index in [1.807, 2.05) is 6.07 Å². The number of aliphatic carboxylic acids is 1. The van der Waals surface area contributed by atoms with Crippen LogP contribution < -0.4 is 5.32 Å². The Morgan fingerprint density at radius 2 is 1.45 bits per heavy atom. The van der Waals surface area contributed by atoms with Crippen LogP contribution in [0, 0.1) is 0 Å². The lowest BCUT2D eigenvalue weighted by molar-refractivity contribution is -0.139. The van der Waals surface area contributed by atoms with Gasteiger partial charge in [-0.2, -0.15) is 0 Å². The van der Waals surface area contributed by atoms with E-state index in [0.29, 0.717) is 22.3 Å². The average Bonchev–Trinajstić information content (AvgIpc) is 2.73. The lowest BCUT2D eigenvalue weighted by Gasteiger charge is -2.15. The Morgan fingerprint density at radius 1 is 0.828 bits per heavy atom. The van der Waals surface area contributed by atoms with Gasteiger partial charge >= 0.3 is 5.97 Å². The predicted octanol–water partition coefficient (Wildman–Crippen LogP) is 4.11. The number of ketones is 1. The van der Waals surface area contributed by atoms with Crippen molar-refractivity contribution in [2.45, 2.75) is 12.5 Å². The topological polar surface area (TPSA) is 83.5 Å². The normalized spacial score (nSPS) is 11.5. The molecule has 2 N–H and O–H groups in total. The maximum atomic E-state index is 12.5. The summed E-state index contributed by atoms with van der Waals surface area (Å²) in [6.07, 6.45) is 0.106. The van der Waals surface area contributed by atoms with Gasteiger partial charge in [-0.3, -0.25) is 9.59 Å². The van der Waals surface area contributed by atoms with Crippen molar-refractivity contribution in [3.8, 4) is 0 Å². The molecule has 3 aromatic rings. The molecule has 0 saturated heterocycles. The van der Waals surface area contributed by atoms with E-state index >= 15 is 0 Å². The number of carbonyl (C=O) groups is 3. The van der Waals surface area contributed by atoms with Crippen LogP contribution in [0.4, 0.5) is 0 Å². The first-order valence-corrected chi connectivity index (χ1v) is 9.71. The third-order valence-electron chi connectivity index (χ3n) is 4.38. The Kier molecular flexibility index (Phi) is 6.57. The van der Waals surface area contributed by atoms with Gasteiger partial charge in [-0.1, -0.05) is 76.6 Å². The van der Waals surface area contributed by atoms with Crippen molar-refractivity contribution in [3.05, 3.63) is 106 Å². The van der Waals surface area contributed by atoms with Crippen LogP contribution in [0.1, 0.15) is 31.8 Å². The fourth-order valence-corrected chi connectivity index (χ4v) is 3.25. The van der Waals surface area contributed by atoms with Gasteiger partial charge in [0.05, 0.1) is 0 Å². The maximum Gasteiger partial charge on any atom is 0.326 e. The van der Waals surface area contributed by atoms with Crippen molar-refractivity contribution in [2.75, 3.05) is 0 Å². The molecule has 6 heteroatoms. The van der Waals surface area contributed by atoms with Crippen LogP contribution >= 0.6 is 15.9 Å². The number of carbonyl (C=O) groups excluding carboxylic acids is 2. The van der Waals surface area contributed by atoms with Crippen LogP contribution in [0.3, 0.4) is 0 Å². The molecule has 1 atom stereocenters. The molecule has 0 unspecified atom stereocenters. The van der Waals surface area contributed by atoms with Crippen LogP contribution in [0.25, 0.3) is 0 Å². The number of nitrogens with one attached hydrogen (secondary N) is 1. The zero-order chi connectivity index (χ0) is 20.8. The van der Waals surface area contributed by atoms with Crippen molar-refractivity contribution < 1.29 is 19.5 Å². The minimum atomic E-state index is -1.13. The first-order chi connectivity index (χ1) is 13.9. The number of hydrogen-bond donors (Lipinski definition) is 2. The molecule has 0 aliphatic heterocycles. The van der Waals surface area contributed by atoms with Crippen molar-refractivity contribution in [3.63, 3.8) is 0 Å². The van der Waals surface area contributed by atoms with Gasteiger partial charge in [-0.05, 0) is 23.8 Å². The molecule has 0 heterocycles. The molecule has 0 fully saturated rings. The molecule has 146 valence electrons. The van der Waals surface area contributed by atoms with Gasteiger partial charge in [-0.15, -0.1) is 0 Å². The smallest absolute Gasteiger partial charge is 0.326 e. The van der Waals surface area contributed by atoms with E-state index in [1.165, 1.54) is 0 Å². The lowest BCUT2D eigenvalue weighted by Crippen LogP contribution is -2.42. The van der Waals surface area contributed by atoms with Crippen LogP contribution in [0.5, 0.6) is 0 Å². The highest BCUT2D eigenvalue weighted by molar-refractivity contribution is 9.10. The molecule has 3 rings (SSSR count). The Bertz CT molecular complexity index is 1030. The zero-order valence-electron chi connectivity index (χ0n) is 15.3. The summed E-state index contributed by atoms with van der Waals surface area (Å²) in [6, 6.07) is 21.3. The van der Waals surface area contributed by atoms with Gasteiger partial charge in [0.1, 0.15) is 6.04 Å². The van der Waals surface area contributed by atoms with Gasteiger partial charge < -0.3 is 10.4 Å². The highest BCUT2D eigenvalue weighted by atomic mass is 79.9. The summed E-state index contributed by atoms with van der Waals surface area (Å²) in [6.45, 7) is 0. The molecule has 0 spiro atoms. The number of benzene rings is 3. The van der Waals surface area contributed by atoms with Crippen LogP contribution in [0.2, 0.25) is 0 Å². The summed E-state index contributed by atoms with van der Waals surface area (Å²) in [7, 11) is 0.